The number of fused-ring (bicyclic) bond motifs is 5. The van der Waals surface area contributed by atoms with Crippen molar-refractivity contribution in [1.29, 1.82) is 0 Å². The first-order chi connectivity index (χ1) is 29.2. The number of carbonyl (C=O) groups excluding carboxylic acids is 4. The van der Waals surface area contributed by atoms with E-state index < -0.39 is 47.2 Å². The molecule has 1 atom stereocenters. The van der Waals surface area contributed by atoms with E-state index in [0.717, 1.165) is 7.11 Å². The second-order valence-corrected chi connectivity index (χ2v) is 14.9. The van der Waals surface area contributed by atoms with Gasteiger partial charge in [0.2, 0.25) is 11.5 Å². The molecule has 2 aliphatic heterocycles. The highest BCUT2D eigenvalue weighted by molar-refractivity contribution is 6.20. The molecule has 0 aliphatic carbocycles. The molecule has 62 heavy (non-hydrogen) atoms. The summed E-state index contributed by atoms with van der Waals surface area (Å²) in [6.45, 7) is 1.85. The van der Waals surface area contributed by atoms with E-state index in [1.807, 2.05) is 7.05 Å². The van der Waals surface area contributed by atoms with Crippen molar-refractivity contribution in [2.24, 2.45) is 0 Å². The smallest absolute Gasteiger partial charge is 0.432 e. The Balaban J connectivity index is 0.00000578. The van der Waals surface area contributed by atoms with Gasteiger partial charge in [-0.2, -0.15) is 13.2 Å². The lowest BCUT2D eigenvalue weighted by molar-refractivity contribution is -0.883. The van der Waals surface area contributed by atoms with Crippen LogP contribution in [-0.2, 0) is 10.9 Å². The second-order valence-electron chi connectivity index (χ2n) is 14.6. The van der Waals surface area contributed by atoms with Crippen LogP contribution in [0.1, 0.15) is 48.6 Å². The number of furan rings is 1. The van der Waals surface area contributed by atoms with Crippen molar-refractivity contribution in [3.05, 3.63) is 70.7 Å². The third-order valence-corrected chi connectivity index (χ3v) is 11.4. The molecule has 16 nitrogen and oxygen atoms in total. The number of alkyl halides is 4. The predicted molar refractivity (Wildman–Crippen MR) is 216 cm³/mol. The van der Waals surface area contributed by atoms with E-state index in [1.165, 1.54) is 48.2 Å². The van der Waals surface area contributed by atoms with Gasteiger partial charge in [0.25, 0.3) is 11.8 Å². The number of ether oxygens (including phenoxy) is 5. The number of likely N-dealkylation sites (N-methyl/N-ethyl adjacent to an activating group) is 1. The van der Waals surface area contributed by atoms with Crippen LogP contribution < -0.4 is 46.5 Å². The van der Waals surface area contributed by atoms with Crippen molar-refractivity contribution in [3.63, 3.8) is 0 Å². The highest BCUT2D eigenvalue weighted by atomic mass is 35.5. The maximum Gasteiger partial charge on any atom is 0.432 e. The van der Waals surface area contributed by atoms with Gasteiger partial charge in [-0.1, -0.05) is 0 Å². The summed E-state index contributed by atoms with van der Waals surface area (Å²) < 4.78 is 76.5. The zero-order valence-electron chi connectivity index (χ0n) is 33.7. The average molecular weight is 904 g/mol. The van der Waals surface area contributed by atoms with Crippen LogP contribution in [0.2, 0.25) is 0 Å². The van der Waals surface area contributed by atoms with Crippen molar-refractivity contribution in [1.82, 2.24) is 14.9 Å². The van der Waals surface area contributed by atoms with Crippen molar-refractivity contribution < 1.29 is 77.8 Å². The minimum atomic E-state index is -5.05. The number of carbonyl (C=O) groups is 4. The summed E-state index contributed by atoms with van der Waals surface area (Å²) >= 11 is 6.44. The van der Waals surface area contributed by atoms with Gasteiger partial charge in [-0.05, 0) is 42.0 Å². The molecule has 0 unspecified atom stereocenters. The molecule has 1 saturated heterocycles. The molecule has 2 aliphatic rings. The summed E-state index contributed by atoms with van der Waals surface area (Å²) in [5.41, 5.74) is -0.982. The lowest BCUT2D eigenvalue weighted by Gasteiger charge is -2.29. The van der Waals surface area contributed by atoms with Crippen molar-refractivity contribution >= 4 is 79.6 Å². The van der Waals surface area contributed by atoms with Gasteiger partial charge < -0.3 is 65.6 Å². The van der Waals surface area contributed by atoms with Crippen LogP contribution in [0.3, 0.4) is 0 Å². The van der Waals surface area contributed by atoms with Gasteiger partial charge in [0, 0.05) is 51.8 Å². The van der Waals surface area contributed by atoms with Crippen LogP contribution >= 0.6 is 11.6 Å². The van der Waals surface area contributed by atoms with Gasteiger partial charge in [-0.25, -0.2) is 9.59 Å². The molecule has 0 saturated carbocycles. The number of halogens is 5. The quantitative estimate of drug-likeness (QED) is 0.125. The Morgan fingerprint density at radius 1 is 0.935 bits per heavy atom. The summed E-state index contributed by atoms with van der Waals surface area (Å²) in [7, 11) is 7.28. The molecule has 21 heteroatoms. The Labute approximate surface area is 361 Å². The molecule has 4 N–H and O–H groups in total. The Morgan fingerprint density at radius 2 is 1.66 bits per heavy atom. The fourth-order valence-electron chi connectivity index (χ4n) is 7.97. The van der Waals surface area contributed by atoms with Crippen LogP contribution in [0, 0.1) is 0 Å². The van der Waals surface area contributed by atoms with Crippen LogP contribution in [0.25, 0.3) is 32.8 Å². The zero-order chi connectivity index (χ0) is 43.5. The molecule has 1 fully saturated rings. The number of rotatable bonds is 9. The Kier molecular flexibility index (Phi) is 11.9. The summed E-state index contributed by atoms with van der Waals surface area (Å²) in [5, 5.41) is 3.64. The lowest BCUT2D eigenvalue weighted by atomic mass is 9.95. The molecule has 3 amide bonds. The van der Waals surface area contributed by atoms with E-state index in [2.05, 4.69) is 15.3 Å². The van der Waals surface area contributed by atoms with Crippen molar-refractivity contribution in [3.8, 4) is 23.0 Å². The zero-order valence-corrected chi connectivity index (χ0v) is 35.2. The van der Waals surface area contributed by atoms with E-state index in [0.29, 0.717) is 59.7 Å². The first kappa shape index (κ1) is 43.8. The highest BCUT2D eigenvalue weighted by Crippen LogP contribution is 2.50. The number of aromatic amines is 2. The second kappa shape index (κ2) is 16.9. The molecule has 6 aromatic rings. The molecule has 328 valence electrons. The van der Waals surface area contributed by atoms with Gasteiger partial charge in [0.05, 0.1) is 78.4 Å². The number of benzene rings is 3. The number of quaternary nitrogens is 1. The molecule has 5 heterocycles. The Bertz CT molecular complexity index is 2760. The molecule has 8 rings (SSSR count). The largest absolute Gasteiger partial charge is 1.00 e. The number of amides is 3. The number of nitrogens with zero attached hydrogens (tertiary/aromatic N) is 2. The predicted octanol–water partition coefficient (Wildman–Crippen LogP) is 2.79. The first-order valence-electron chi connectivity index (χ1n) is 18.9. The van der Waals surface area contributed by atoms with E-state index in [1.54, 1.807) is 30.3 Å². The normalized spacial score (nSPS) is 15.4. The molecular formula is C41H39Cl2F3N6O10. The number of hydrogen-bond donors (Lipinski definition) is 4. The number of nitrogens with one attached hydrogen (secondary N) is 4. The molecule has 0 bridgehead atoms. The van der Waals surface area contributed by atoms with Gasteiger partial charge in [0.1, 0.15) is 11.4 Å². The number of methoxy groups -OCH3 is 4. The van der Waals surface area contributed by atoms with Crippen LogP contribution in [-0.4, -0.2) is 113 Å². The summed E-state index contributed by atoms with van der Waals surface area (Å²) in [6.07, 6.45) is -5.85. The van der Waals surface area contributed by atoms with Gasteiger partial charge in [-0.15, -0.1) is 11.6 Å². The minimum Gasteiger partial charge on any atom is -1.00 e. The van der Waals surface area contributed by atoms with E-state index in [4.69, 9.17) is 39.7 Å². The Hall–Kier alpha value is -6.31. The molecular weight excluding hydrogens is 864 g/mol. The van der Waals surface area contributed by atoms with Crippen molar-refractivity contribution in [2.75, 3.05) is 84.3 Å². The maximum atomic E-state index is 14.6. The van der Waals surface area contributed by atoms with E-state index in [9.17, 15) is 32.3 Å². The monoisotopic (exact) mass is 902 g/mol. The average Bonchev–Trinajstić information content (AvgIpc) is 4.05. The van der Waals surface area contributed by atoms with Crippen LogP contribution in [0.15, 0.2) is 46.9 Å². The van der Waals surface area contributed by atoms with E-state index in [-0.39, 0.29) is 75.5 Å². The van der Waals surface area contributed by atoms with Crippen molar-refractivity contribution in [2.45, 2.75) is 12.1 Å². The summed E-state index contributed by atoms with van der Waals surface area (Å²) in [6, 6.07) is 11.0. The lowest BCUT2D eigenvalue weighted by Crippen LogP contribution is -3.12. The summed E-state index contributed by atoms with van der Waals surface area (Å²) in [5.74, 6) is -2.79. The molecule has 3 aromatic carbocycles. The topological polar surface area (TPSA) is 182 Å². The van der Waals surface area contributed by atoms with E-state index >= 15 is 0 Å². The fourth-order valence-corrected chi connectivity index (χ4v) is 8.22. The number of hydrogen-bond acceptors (Lipinski definition) is 10. The van der Waals surface area contributed by atoms with Gasteiger partial charge in [-0.3, -0.25) is 14.5 Å². The molecule has 0 spiro atoms. The van der Waals surface area contributed by atoms with Crippen LogP contribution in [0.4, 0.5) is 29.3 Å². The number of esters is 1. The fraction of sp³-hybridized carbons (Fsp3) is 0.317. The van der Waals surface area contributed by atoms with Crippen LogP contribution in [0.5, 0.6) is 23.0 Å². The SMILES string of the molecule is COC(=O)c1c(C(F)(F)F)[nH]c2c(OC(=O)N3CC[NH+](C)CC3)cc3c(c12)[C@H](CCl)CN3C(=O)c1cc2cc(NC(=O)c3cc4cc(OC)c(OC)c(OC)c4o3)ccc2[nH]1.[Cl-]. The minimum absolute atomic E-state index is 0. The number of H-pyrrole nitrogens is 2. The van der Waals surface area contributed by atoms with Gasteiger partial charge >= 0.3 is 18.2 Å². The third-order valence-electron chi connectivity index (χ3n) is 11.0. The standard InChI is InChI=1S/C41H38ClF3N6O10.ClH/c1-49-8-10-50(11-9-49)40(55)61-26-16-25-29(30-31(39(54)59-5)36(41(43,44)45)48-32(26)30)21(17-42)18-51(25)38(53)24-13-19-12-22(6-7-23(19)47-24)46-37(52)28-15-20-14-27(56-2)34(57-3)35(58-4)33(20)60-28;/h6-7,12-16,21,47-48H,8-11,17-18H2,1-5H3,(H,46,52);1H/t21-;/m1./s1. The molecule has 3 aromatic heterocycles. The summed E-state index contributed by atoms with van der Waals surface area (Å²) in [4.78, 5) is 63.8. The number of anilines is 2. The highest BCUT2D eigenvalue weighted by Gasteiger charge is 2.44. The third kappa shape index (κ3) is 7.53. The maximum absolute atomic E-state index is 14.6. The Morgan fingerprint density at radius 3 is 2.31 bits per heavy atom. The number of aromatic nitrogens is 2. The first-order valence-corrected chi connectivity index (χ1v) is 19.4. The number of piperazine rings is 1. The molecule has 0 radical (unpaired) electrons. The van der Waals surface area contributed by atoms with Gasteiger partial charge in [0.15, 0.2) is 22.8 Å².